The van der Waals surface area contributed by atoms with Crippen LogP contribution in [0.1, 0.15) is 27.2 Å². The Morgan fingerprint density at radius 2 is 1.27 bits per heavy atom. The molecule has 3 aromatic carbocycles. The molecule has 3 heteroatoms. The molecule has 0 aromatic heterocycles. The van der Waals surface area contributed by atoms with Crippen LogP contribution in [-0.2, 0) is 9.53 Å². The Balaban J connectivity index is 1.54. The second-order valence-corrected chi connectivity index (χ2v) is 8.79. The van der Waals surface area contributed by atoms with E-state index in [1.807, 2.05) is 49.4 Å². The lowest BCUT2D eigenvalue weighted by Gasteiger charge is -2.18. The van der Waals surface area contributed by atoms with Crippen LogP contribution in [0.25, 0.3) is 22.3 Å². The highest BCUT2D eigenvalue weighted by atomic mass is 16.6. The molecule has 3 aromatic rings. The maximum atomic E-state index is 12.5. The van der Waals surface area contributed by atoms with Crippen LogP contribution < -0.4 is 4.74 Å². The van der Waals surface area contributed by atoms with E-state index in [1.165, 1.54) is 0 Å². The zero-order chi connectivity index (χ0) is 21.2. The van der Waals surface area contributed by atoms with Gasteiger partial charge >= 0.3 is 5.97 Å². The molecule has 154 valence electrons. The molecule has 1 atom stereocenters. The second kappa shape index (κ2) is 7.98. The largest absolute Gasteiger partial charge is 0.489 e. The van der Waals surface area contributed by atoms with Crippen molar-refractivity contribution in [3.8, 4) is 28.0 Å². The second-order valence-electron chi connectivity index (χ2n) is 8.79. The molecule has 1 aliphatic carbocycles. The van der Waals surface area contributed by atoms with Gasteiger partial charge in [0.25, 0.3) is 0 Å². The highest BCUT2D eigenvalue weighted by Gasteiger charge is 2.63. The smallest absolute Gasteiger partial charge is 0.312 e. The molecule has 0 bridgehead atoms. The first-order chi connectivity index (χ1) is 14.4. The molecule has 1 saturated carbocycles. The van der Waals surface area contributed by atoms with Gasteiger partial charge in [-0.1, -0.05) is 92.7 Å². The van der Waals surface area contributed by atoms with E-state index in [2.05, 4.69) is 50.2 Å². The van der Waals surface area contributed by atoms with E-state index in [0.717, 1.165) is 34.4 Å². The maximum absolute atomic E-state index is 12.5. The van der Waals surface area contributed by atoms with Crippen molar-refractivity contribution in [1.82, 2.24) is 0 Å². The Bertz CT molecular complexity index is 967. The SMILES string of the molecule is CC1(C)CC1(C)C(=O)OCCOc1c(-c2ccccc2)cccc1-c1ccccc1. The Hall–Kier alpha value is -3.07. The molecule has 3 nitrogen and oxygen atoms in total. The number of carbonyl (C=O) groups is 1. The summed E-state index contributed by atoms with van der Waals surface area (Å²) < 4.78 is 11.8. The van der Waals surface area contributed by atoms with Gasteiger partial charge in [-0.25, -0.2) is 0 Å². The fourth-order valence-electron chi connectivity index (χ4n) is 4.01. The summed E-state index contributed by atoms with van der Waals surface area (Å²) in [7, 11) is 0. The normalized spacial score (nSPS) is 19.2. The van der Waals surface area contributed by atoms with Crippen LogP contribution in [-0.4, -0.2) is 19.2 Å². The van der Waals surface area contributed by atoms with Gasteiger partial charge in [0.15, 0.2) is 0 Å². The monoisotopic (exact) mass is 400 g/mol. The summed E-state index contributed by atoms with van der Waals surface area (Å²) in [5.41, 5.74) is 3.89. The summed E-state index contributed by atoms with van der Waals surface area (Å²) in [5.74, 6) is 0.680. The molecular formula is C27H28O3. The molecule has 0 radical (unpaired) electrons. The molecule has 4 rings (SSSR count). The van der Waals surface area contributed by atoms with Crippen LogP contribution in [0, 0.1) is 10.8 Å². The van der Waals surface area contributed by atoms with Crippen LogP contribution in [0.3, 0.4) is 0 Å². The van der Waals surface area contributed by atoms with E-state index in [1.54, 1.807) is 0 Å². The van der Waals surface area contributed by atoms with Gasteiger partial charge in [0.1, 0.15) is 19.0 Å². The maximum Gasteiger partial charge on any atom is 0.312 e. The fourth-order valence-corrected chi connectivity index (χ4v) is 4.01. The van der Waals surface area contributed by atoms with Gasteiger partial charge in [-0.3, -0.25) is 4.79 Å². The minimum absolute atomic E-state index is 0.0192. The topological polar surface area (TPSA) is 35.5 Å². The quantitative estimate of drug-likeness (QED) is 0.341. The van der Waals surface area contributed by atoms with Crippen molar-refractivity contribution in [3.05, 3.63) is 78.9 Å². The predicted octanol–water partition coefficient (Wildman–Crippen LogP) is 6.38. The third-order valence-electron chi connectivity index (χ3n) is 6.36. The van der Waals surface area contributed by atoms with E-state index < -0.39 is 0 Å². The van der Waals surface area contributed by atoms with E-state index >= 15 is 0 Å². The van der Waals surface area contributed by atoms with Crippen molar-refractivity contribution < 1.29 is 14.3 Å². The van der Waals surface area contributed by atoms with Gasteiger partial charge in [-0.15, -0.1) is 0 Å². The highest BCUT2D eigenvalue weighted by Crippen LogP contribution is 2.63. The van der Waals surface area contributed by atoms with Crippen LogP contribution in [0.2, 0.25) is 0 Å². The van der Waals surface area contributed by atoms with E-state index in [4.69, 9.17) is 9.47 Å². The number of benzene rings is 3. The molecular weight excluding hydrogens is 372 g/mol. The molecule has 0 spiro atoms. The Morgan fingerprint density at radius 1 is 0.767 bits per heavy atom. The minimum atomic E-state index is -0.371. The number of ether oxygens (including phenoxy) is 2. The number of rotatable bonds is 7. The standard InChI is InChI=1S/C27H28O3/c1-26(2)19-27(26,3)25(28)30-18-17-29-24-22(20-11-6-4-7-12-20)15-10-16-23(24)21-13-8-5-9-14-21/h4-16H,17-19H2,1-3H3. The number of esters is 1. The van der Waals surface area contributed by atoms with Gasteiger partial charge in [0.2, 0.25) is 0 Å². The first-order valence-corrected chi connectivity index (χ1v) is 10.5. The Morgan fingerprint density at radius 3 is 1.73 bits per heavy atom. The van der Waals surface area contributed by atoms with Crippen molar-refractivity contribution in [2.75, 3.05) is 13.2 Å². The lowest BCUT2D eigenvalue weighted by molar-refractivity contribution is -0.151. The van der Waals surface area contributed by atoms with Crippen LogP contribution >= 0.6 is 0 Å². The fraction of sp³-hybridized carbons (Fsp3) is 0.296. The third-order valence-corrected chi connectivity index (χ3v) is 6.36. The number of carbonyl (C=O) groups excluding carboxylic acids is 1. The molecule has 0 saturated heterocycles. The van der Waals surface area contributed by atoms with Crippen molar-refractivity contribution >= 4 is 5.97 Å². The average molecular weight is 401 g/mol. The third kappa shape index (κ3) is 3.85. The summed E-state index contributed by atoms with van der Waals surface area (Å²) in [6, 6.07) is 26.6. The summed E-state index contributed by atoms with van der Waals surface area (Å²) in [5, 5.41) is 0. The molecule has 30 heavy (non-hydrogen) atoms. The molecule has 0 aliphatic heterocycles. The summed E-state index contributed by atoms with van der Waals surface area (Å²) in [4.78, 5) is 12.5. The Kier molecular flexibility index (Phi) is 5.38. The van der Waals surface area contributed by atoms with Gasteiger partial charge < -0.3 is 9.47 Å². The summed E-state index contributed by atoms with van der Waals surface area (Å²) >= 11 is 0. The summed E-state index contributed by atoms with van der Waals surface area (Å²) in [6.45, 7) is 6.74. The van der Waals surface area contributed by atoms with E-state index in [9.17, 15) is 4.79 Å². The van der Waals surface area contributed by atoms with Gasteiger partial charge in [-0.2, -0.15) is 0 Å². The number of hydrogen-bond donors (Lipinski definition) is 0. The lowest BCUT2D eigenvalue weighted by Crippen LogP contribution is -2.23. The summed E-state index contributed by atoms with van der Waals surface area (Å²) in [6.07, 6.45) is 0.870. The molecule has 1 fully saturated rings. The van der Waals surface area contributed by atoms with Crippen molar-refractivity contribution in [2.24, 2.45) is 10.8 Å². The molecule has 1 unspecified atom stereocenters. The van der Waals surface area contributed by atoms with Gasteiger partial charge in [-0.05, 0) is 29.9 Å². The van der Waals surface area contributed by atoms with Crippen molar-refractivity contribution in [3.63, 3.8) is 0 Å². The van der Waals surface area contributed by atoms with Crippen LogP contribution in [0.5, 0.6) is 5.75 Å². The number of para-hydroxylation sites is 1. The van der Waals surface area contributed by atoms with Gasteiger partial charge in [0.05, 0.1) is 5.41 Å². The highest BCUT2D eigenvalue weighted by molar-refractivity contribution is 5.82. The van der Waals surface area contributed by atoms with Crippen molar-refractivity contribution in [2.45, 2.75) is 27.2 Å². The minimum Gasteiger partial charge on any atom is -0.489 e. The lowest BCUT2D eigenvalue weighted by atomic mass is 9.97. The molecule has 0 heterocycles. The van der Waals surface area contributed by atoms with Gasteiger partial charge in [0, 0.05) is 11.1 Å². The first-order valence-electron chi connectivity index (χ1n) is 10.5. The van der Waals surface area contributed by atoms with Crippen LogP contribution in [0.15, 0.2) is 78.9 Å². The molecule has 1 aliphatic rings. The average Bonchev–Trinajstić information content (AvgIpc) is 3.30. The zero-order valence-electron chi connectivity index (χ0n) is 17.9. The zero-order valence-corrected chi connectivity index (χ0v) is 17.9. The predicted molar refractivity (Wildman–Crippen MR) is 120 cm³/mol. The van der Waals surface area contributed by atoms with E-state index in [-0.39, 0.29) is 23.4 Å². The molecule has 0 N–H and O–H groups in total. The van der Waals surface area contributed by atoms with Crippen LogP contribution in [0.4, 0.5) is 0 Å². The first kappa shape index (κ1) is 20.2. The Labute approximate surface area is 178 Å². The van der Waals surface area contributed by atoms with E-state index in [0.29, 0.717) is 6.61 Å². The molecule has 0 amide bonds. The number of hydrogen-bond acceptors (Lipinski definition) is 3. The van der Waals surface area contributed by atoms with Crippen molar-refractivity contribution in [1.29, 1.82) is 0 Å².